The molecule has 102 valence electrons. The van der Waals surface area contributed by atoms with Crippen LogP contribution in [0.3, 0.4) is 0 Å². The number of nitrogens with one attached hydrogen (secondary N) is 1. The van der Waals surface area contributed by atoms with Crippen LogP contribution in [0.5, 0.6) is 0 Å². The van der Waals surface area contributed by atoms with E-state index in [1.807, 2.05) is 18.2 Å². The molecule has 1 amide bonds. The molecular formula is C16H17N3O. The molecule has 0 saturated heterocycles. The Balaban J connectivity index is 1.87. The first-order valence-corrected chi connectivity index (χ1v) is 7.28. The summed E-state index contributed by atoms with van der Waals surface area (Å²) in [7, 11) is 0. The molecule has 4 heteroatoms. The molecule has 1 N–H and O–H groups in total. The largest absolute Gasteiger partial charge is 0.306 e. The molecule has 0 saturated carbocycles. The van der Waals surface area contributed by atoms with Crippen LogP contribution < -0.4 is 5.32 Å². The SMILES string of the molecule is O=C1C[C@@H](c2ccccc2)n2c(nc3c2CCCC3)N1. The zero-order valence-electron chi connectivity index (χ0n) is 11.3. The lowest BCUT2D eigenvalue weighted by Crippen LogP contribution is -2.29. The molecule has 0 radical (unpaired) electrons. The van der Waals surface area contributed by atoms with Crippen LogP contribution in [-0.4, -0.2) is 15.5 Å². The van der Waals surface area contributed by atoms with Crippen LogP contribution >= 0.6 is 0 Å². The number of benzene rings is 1. The Morgan fingerprint density at radius 1 is 1.15 bits per heavy atom. The summed E-state index contributed by atoms with van der Waals surface area (Å²) in [6, 6.07) is 10.4. The van der Waals surface area contributed by atoms with Crippen LogP contribution in [0.25, 0.3) is 0 Å². The standard InChI is InChI=1S/C16H17N3O/c20-15-10-14(11-6-2-1-3-7-11)19-13-9-5-4-8-12(13)17-16(19)18-15/h1-3,6-7,14H,4-5,8-10H2,(H,17,18,20)/t14-/m0/s1. The number of rotatable bonds is 1. The van der Waals surface area contributed by atoms with Crippen LogP contribution in [0.15, 0.2) is 30.3 Å². The van der Waals surface area contributed by atoms with Gasteiger partial charge in [0.05, 0.1) is 18.2 Å². The van der Waals surface area contributed by atoms with E-state index in [1.54, 1.807) is 0 Å². The maximum Gasteiger partial charge on any atom is 0.229 e. The van der Waals surface area contributed by atoms with E-state index in [9.17, 15) is 4.79 Å². The van der Waals surface area contributed by atoms with Crippen molar-refractivity contribution in [2.45, 2.75) is 38.1 Å². The van der Waals surface area contributed by atoms with E-state index in [1.165, 1.54) is 29.8 Å². The van der Waals surface area contributed by atoms with Gasteiger partial charge in [-0.2, -0.15) is 0 Å². The number of imidazole rings is 1. The van der Waals surface area contributed by atoms with Crippen molar-refractivity contribution in [3.05, 3.63) is 47.3 Å². The minimum absolute atomic E-state index is 0.0636. The fourth-order valence-corrected chi connectivity index (χ4v) is 3.37. The third kappa shape index (κ3) is 1.75. The van der Waals surface area contributed by atoms with Gasteiger partial charge in [0, 0.05) is 5.69 Å². The summed E-state index contributed by atoms with van der Waals surface area (Å²) in [5.41, 5.74) is 3.68. The van der Waals surface area contributed by atoms with Crippen molar-refractivity contribution in [1.29, 1.82) is 0 Å². The maximum atomic E-state index is 12.0. The monoisotopic (exact) mass is 267 g/mol. The van der Waals surface area contributed by atoms with E-state index in [-0.39, 0.29) is 11.9 Å². The number of amides is 1. The van der Waals surface area contributed by atoms with Crippen molar-refractivity contribution < 1.29 is 4.79 Å². The Morgan fingerprint density at radius 2 is 1.95 bits per heavy atom. The van der Waals surface area contributed by atoms with E-state index < -0.39 is 0 Å². The molecule has 0 spiro atoms. The Labute approximate surface area is 117 Å². The first kappa shape index (κ1) is 11.7. The van der Waals surface area contributed by atoms with Crippen molar-refractivity contribution in [2.75, 3.05) is 5.32 Å². The molecule has 1 aromatic heterocycles. The molecule has 20 heavy (non-hydrogen) atoms. The van der Waals surface area contributed by atoms with E-state index in [0.717, 1.165) is 18.8 Å². The third-order valence-electron chi connectivity index (χ3n) is 4.30. The molecule has 1 atom stereocenters. The minimum atomic E-state index is 0.0636. The molecule has 4 nitrogen and oxygen atoms in total. The molecule has 1 aliphatic heterocycles. The van der Waals surface area contributed by atoms with Gasteiger partial charge in [0.1, 0.15) is 0 Å². The Bertz CT molecular complexity index is 660. The molecule has 0 unspecified atom stereocenters. The Morgan fingerprint density at radius 3 is 2.80 bits per heavy atom. The van der Waals surface area contributed by atoms with Crippen molar-refractivity contribution in [3.8, 4) is 0 Å². The smallest absolute Gasteiger partial charge is 0.229 e. The summed E-state index contributed by atoms with van der Waals surface area (Å²) in [6.45, 7) is 0. The van der Waals surface area contributed by atoms with Gasteiger partial charge >= 0.3 is 0 Å². The van der Waals surface area contributed by atoms with Gasteiger partial charge in [-0.05, 0) is 31.2 Å². The number of nitrogens with zero attached hydrogens (tertiary/aromatic N) is 2. The molecular weight excluding hydrogens is 250 g/mol. The van der Waals surface area contributed by atoms with Gasteiger partial charge in [-0.1, -0.05) is 30.3 Å². The van der Waals surface area contributed by atoms with E-state index in [2.05, 4.69) is 27.0 Å². The molecule has 0 bridgehead atoms. The number of aromatic nitrogens is 2. The van der Waals surface area contributed by atoms with Gasteiger partial charge in [0.2, 0.25) is 11.9 Å². The predicted octanol–water partition coefficient (Wildman–Crippen LogP) is 2.69. The van der Waals surface area contributed by atoms with Crippen molar-refractivity contribution in [1.82, 2.24) is 9.55 Å². The first-order chi connectivity index (χ1) is 9.83. The molecule has 1 aromatic carbocycles. The van der Waals surface area contributed by atoms with Gasteiger partial charge < -0.3 is 4.57 Å². The average Bonchev–Trinajstić information content (AvgIpc) is 2.85. The molecule has 2 aromatic rings. The summed E-state index contributed by atoms with van der Waals surface area (Å²) in [5, 5.41) is 2.93. The third-order valence-corrected chi connectivity index (χ3v) is 4.30. The summed E-state index contributed by atoms with van der Waals surface area (Å²) in [4.78, 5) is 16.6. The summed E-state index contributed by atoms with van der Waals surface area (Å²) < 4.78 is 2.26. The normalized spacial score (nSPS) is 21.0. The number of carbonyl (C=O) groups excluding carboxylic acids is 1. The highest BCUT2D eigenvalue weighted by atomic mass is 16.2. The highest BCUT2D eigenvalue weighted by Crippen LogP contribution is 2.35. The second kappa shape index (κ2) is 4.47. The minimum Gasteiger partial charge on any atom is -0.306 e. The lowest BCUT2D eigenvalue weighted by molar-refractivity contribution is -0.117. The predicted molar refractivity (Wildman–Crippen MR) is 76.7 cm³/mol. The Kier molecular flexibility index (Phi) is 2.62. The fraction of sp³-hybridized carbons (Fsp3) is 0.375. The summed E-state index contributed by atoms with van der Waals surface area (Å²) in [5.74, 6) is 0.802. The van der Waals surface area contributed by atoms with Gasteiger partial charge in [-0.3, -0.25) is 10.1 Å². The summed E-state index contributed by atoms with van der Waals surface area (Å²) >= 11 is 0. The number of carbonyl (C=O) groups is 1. The number of hydrogen-bond donors (Lipinski definition) is 1. The zero-order valence-corrected chi connectivity index (χ0v) is 11.3. The van der Waals surface area contributed by atoms with Gasteiger partial charge in [-0.25, -0.2) is 4.98 Å². The Hall–Kier alpha value is -2.10. The van der Waals surface area contributed by atoms with Crippen LogP contribution in [0, 0.1) is 0 Å². The second-order valence-electron chi connectivity index (χ2n) is 5.58. The average molecular weight is 267 g/mol. The van der Waals surface area contributed by atoms with Crippen molar-refractivity contribution >= 4 is 11.9 Å². The maximum absolute atomic E-state index is 12.0. The number of hydrogen-bond acceptors (Lipinski definition) is 2. The molecule has 0 fully saturated rings. The van der Waals surface area contributed by atoms with Crippen LogP contribution in [-0.2, 0) is 17.6 Å². The highest BCUT2D eigenvalue weighted by molar-refractivity contribution is 5.91. The lowest BCUT2D eigenvalue weighted by atomic mass is 9.98. The second-order valence-corrected chi connectivity index (χ2v) is 5.58. The van der Waals surface area contributed by atoms with Gasteiger partial charge in [0.25, 0.3) is 0 Å². The van der Waals surface area contributed by atoms with Crippen LogP contribution in [0.1, 0.15) is 42.3 Å². The first-order valence-electron chi connectivity index (χ1n) is 7.28. The number of fused-ring (bicyclic) bond motifs is 3. The fourth-order valence-electron chi connectivity index (χ4n) is 3.37. The molecule has 2 aliphatic rings. The van der Waals surface area contributed by atoms with Gasteiger partial charge in [0.15, 0.2) is 0 Å². The summed E-state index contributed by atoms with van der Waals surface area (Å²) in [6.07, 6.45) is 5.02. The molecule has 1 aliphatic carbocycles. The zero-order chi connectivity index (χ0) is 13.5. The van der Waals surface area contributed by atoms with Crippen LogP contribution in [0.2, 0.25) is 0 Å². The topological polar surface area (TPSA) is 46.9 Å². The van der Waals surface area contributed by atoms with Crippen LogP contribution in [0.4, 0.5) is 5.95 Å². The van der Waals surface area contributed by atoms with Crippen molar-refractivity contribution in [2.24, 2.45) is 0 Å². The van der Waals surface area contributed by atoms with Crippen molar-refractivity contribution in [3.63, 3.8) is 0 Å². The molecule has 4 rings (SSSR count). The van der Waals surface area contributed by atoms with E-state index in [0.29, 0.717) is 6.42 Å². The number of anilines is 1. The van der Waals surface area contributed by atoms with Gasteiger partial charge in [-0.15, -0.1) is 0 Å². The lowest BCUT2D eigenvalue weighted by Gasteiger charge is -2.28. The number of aryl methyl sites for hydroxylation is 1. The van der Waals surface area contributed by atoms with E-state index in [4.69, 9.17) is 0 Å². The quantitative estimate of drug-likeness (QED) is 0.863. The van der Waals surface area contributed by atoms with E-state index >= 15 is 0 Å². The molecule has 2 heterocycles. The highest BCUT2D eigenvalue weighted by Gasteiger charge is 2.31.